The molecular formula is C32H32N6O4. The third-order valence-corrected chi connectivity index (χ3v) is 6.85. The van der Waals surface area contributed by atoms with Gasteiger partial charge in [-0.15, -0.1) is 0 Å². The highest BCUT2D eigenvalue weighted by Gasteiger charge is 2.17. The number of carboxylic acid groups (broad SMARTS) is 1. The second kappa shape index (κ2) is 12.2. The van der Waals surface area contributed by atoms with Gasteiger partial charge in [-0.3, -0.25) is 9.59 Å². The number of rotatable bonds is 7. The summed E-state index contributed by atoms with van der Waals surface area (Å²) < 4.78 is 8.23. The third-order valence-electron chi connectivity index (χ3n) is 6.85. The van der Waals surface area contributed by atoms with Gasteiger partial charge in [0.15, 0.2) is 0 Å². The summed E-state index contributed by atoms with van der Waals surface area (Å²) in [6.07, 6.45) is 2.81. The van der Waals surface area contributed by atoms with E-state index in [2.05, 4.69) is 19.5 Å². The van der Waals surface area contributed by atoms with Gasteiger partial charge in [-0.25, -0.2) is 15.0 Å². The van der Waals surface area contributed by atoms with E-state index in [9.17, 15) is 4.79 Å². The number of hydrogen-bond donors (Lipinski definition) is 3. The standard InChI is InChI=1S/C30H28N6O2.C2H4O2/c1-18-19(2)33-25-15-27-26(14-24(25)32-18)34-29(30(37)35-27)23-16-36(12-6-11-31)28-10-9-21(13-22(23)28)38-17-20-7-4-3-5-8-20;1-2(3)4/h3-5,7-10,13-16H,6,11-12,17,31H2,1-2H3,(H,35,37);1H3,(H,3,4). The Balaban J connectivity index is 0.000000830. The molecule has 6 rings (SSSR count). The minimum absolute atomic E-state index is 0.262. The predicted octanol–water partition coefficient (Wildman–Crippen LogP) is 5.12. The molecule has 10 heteroatoms. The number of nitrogens with zero attached hydrogens (tertiary/aromatic N) is 4. The highest BCUT2D eigenvalue weighted by Crippen LogP contribution is 2.32. The number of aromatic amines is 1. The van der Waals surface area contributed by atoms with Gasteiger partial charge in [0.05, 0.1) is 33.5 Å². The lowest BCUT2D eigenvalue weighted by atomic mass is 10.1. The van der Waals surface area contributed by atoms with Gasteiger partial charge in [0, 0.05) is 36.1 Å². The molecular weight excluding hydrogens is 532 g/mol. The molecule has 0 bridgehead atoms. The second-order valence-corrected chi connectivity index (χ2v) is 10.0. The van der Waals surface area contributed by atoms with Crippen LogP contribution in [-0.4, -0.2) is 42.1 Å². The molecule has 0 saturated heterocycles. The van der Waals surface area contributed by atoms with Gasteiger partial charge in [0.2, 0.25) is 0 Å². The number of fused-ring (bicyclic) bond motifs is 3. The van der Waals surface area contributed by atoms with Crippen molar-refractivity contribution in [1.82, 2.24) is 24.5 Å². The fourth-order valence-corrected chi connectivity index (χ4v) is 4.74. The van der Waals surface area contributed by atoms with Crippen molar-refractivity contribution in [3.05, 3.63) is 94.2 Å². The Morgan fingerprint density at radius 1 is 0.976 bits per heavy atom. The summed E-state index contributed by atoms with van der Waals surface area (Å²) >= 11 is 0. The van der Waals surface area contributed by atoms with Gasteiger partial charge < -0.3 is 25.1 Å². The molecule has 0 fully saturated rings. The minimum Gasteiger partial charge on any atom is -0.489 e. The Kier molecular flexibility index (Phi) is 8.26. The van der Waals surface area contributed by atoms with E-state index in [0.29, 0.717) is 29.9 Å². The largest absolute Gasteiger partial charge is 0.489 e. The van der Waals surface area contributed by atoms with Gasteiger partial charge in [-0.05, 0) is 62.7 Å². The topological polar surface area (TPSA) is 149 Å². The Morgan fingerprint density at radius 2 is 1.67 bits per heavy atom. The number of carboxylic acids is 1. The molecule has 3 heterocycles. The average molecular weight is 565 g/mol. The van der Waals surface area contributed by atoms with Crippen molar-refractivity contribution in [1.29, 1.82) is 0 Å². The van der Waals surface area contributed by atoms with Crippen LogP contribution in [0.2, 0.25) is 0 Å². The number of nitrogens with two attached hydrogens (primary N) is 1. The number of aromatic nitrogens is 5. The van der Waals surface area contributed by atoms with E-state index < -0.39 is 5.97 Å². The van der Waals surface area contributed by atoms with Crippen LogP contribution in [0.5, 0.6) is 5.75 Å². The van der Waals surface area contributed by atoms with E-state index in [1.54, 1.807) is 0 Å². The van der Waals surface area contributed by atoms with E-state index in [1.165, 1.54) is 0 Å². The number of benzene rings is 3. The van der Waals surface area contributed by atoms with Crippen molar-refractivity contribution in [3.8, 4) is 17.0 Å². The average Bonchev–Trinajstić information content (AvgIpc) is 3.32. The van der Waals surface area contributed by atoms with E-state index in [4.69, 9.17) is 25.4 Å². The highest BCUT2D eigenvalue weighted by molar-refractivity contribution is 5.97. The van der Waals surface area contributed by atoms with Crippen LogP contribution in [0.4, 0.5) is 0 Å². The van der Waals surface area contributed by atoms with E-state index >= 15 is 0 Å². The third kappa shape index (κ3) is 6.13. The second-order valence-electron chi connectivity index (χ2n) is 10.0. The molecule has 6 aromatic rings. The van der Waals surface area contributed by atoms with Crippen LogP contribution in [0.25, 0.3) is 44.2 Å². The van der Waals surface area contributed by atoms with E-state index in [-0.39, 0.29) is 5.56 Å². The highest BCUT2D eigenvalue weighted by atomic mass is 16.5. The molecule has 0 radical (unpaired) electrons. The smallest absolute Gasteiger partial charge is 0.300 e. The number of hydrogen-bond acceptors (Lipinski definition) is 7. The Morgan fingerprint density at radius 3 is 2.36 bits per heavy atom. The van der Waals surface area contributed by atoms with Crippen LogP contribution in [0.1, 0.15) is 30.3 Å². The summed E-state index contributed by atoms with van der Waals surface area (Å²) in [5, 5.41) is 8.32. The van der Waals surface area contributed by atoms with Crippen LogP contribution < -0.4 is 16.0 Å². The van der Waals surface area contributed by atoms with Gasteiger partial charge in [0.25, 0.3) is 11.5 Å². The molecule has 4 N–H and O–H groups in total. The number of ether oxygens (including phenoxy) is 1. The van der Waals surface area contributed by atoms with Gasteiger partial charge in [0.1, 0.15) is 18.1 Å². The Hall–Kier alpha value is -5.09. The monoisotopic (exact) mass is 564 g/mol. The normalized spacial score (nSPS) is 11.0. The SMILES string of the molecule is CC(=O)O.Cc1nc2cc3nc(-c4cn(CCCN)c5ccc(OCc6ccccc6)cc45)c(=O)[nH]c3cc2nc1C. The quantitative estimate of drug-likeness (QED) is 0.226. The van der Waals surface area contributed by atoms with E-state index in [1.807, 2.05) is 80.7 Å². The minimum atomic E-state index is -0.833. The van der Waals surface area contributed by atoms with Crippen molar-refractivity contribution in [2.24, 2.45) is 5.73 Å². The number of nitrogens with one attached hydrogen (secondary N) is 1. The predicted molar refractivity (Wildman–Crippen MR) is 164 cm³/mol. The molecule has 0 amide bonds. The first-order chi connectivity index (χ1) is 20.2. The van der Waals surface area contributed by atoms with Crippen LogP contribution in [-0.2, 0) is 17.9 Å². The van der Waals surface area contributed by atoms with Crippen molar-refractivity contribution < 1.29 is 14.6 Å². The molecule has 3 aromatic heterocycles. The van der Waals surface area contributed by atoms with E-state index in [0.717, 1.165) is 70.1 Å². The summed E-state index contributed by atoms with van der Waals surface area (Å²) in [4.78, 5) is 39.5. The molecule has 0 atom stereocenters. The molecule has 0 aliphatic heterocycles. The van der Waals surface area contributed by atoms with Crippen molar-refractivity contribution >= 4 is 38.9 Å². The molecule has 0 unspecified atom stereocenters. The first-order valence-corrected chi connectivity index (χ1v) is 13.6. The zero-order chi connectivity index (χ0) is 29.8. The molecule has 42 heavy (non-hydrogen) atoms. The molecule has 3 aromatic carbocycles. The number of carbonyl (C=O) groups is 1. The van der Waals surface area contributed by atoms with Crippen molar-refractivity contribution in [2.45, 2.75) is 40.3 Å². The molecule has 214 valence electrons. The van der Waals surface area contributed by atoms with Crippen molar-refractivity contribution in [3.63, 3.8) is 0 Å². The number of aliphatic carboxylic acids is 1. The molecule has 0 spiro atoms. The lowest BCUT2D eigenvalue weighted by molar-refractivity contribution is -0.134. The zero-order valence-corrected chi connectivity index (χ0v) is 23.7. The number of H-pyrrole nitrogens is 1. The molecule has 0 aliphatic carbocycles. The Bertz CT molecular complexity index is 1960. The van der Waals surface area contributed by atoms with Gasteiger partial charge in [-0.2, -0.15) is 0 Å². The van der Waals surface area contributed by atoms with Crippen LogP contribution >= 0.6 is 0 Å². The van der Waals surface area contributed by atoms with Gasteiger partial charge >= 0.3 is 0 Å². The van der Waals surface area contributed by atoms with Crippen LogP contribution in [0.3, 0.4) is 0 Å². The van der Waals surface area contributed by atoms with Crippen LogP contribution in [0, 0.1) is 13.8 Å². The fourth-order valence-electron chi connectivity index (χ4n) is 4.74. The fraction of sp³-hybridized carbons (Fsp3) is 0.219. The maximum absolute atomic E-state index is 13.3. The van der Waals surface area contributed by atoms with Crippen LogP contribution in [0.15, 0.2) is 71.7 Å². The number of aryl methyl sites for hydroxylation is 3. The summed E-state index contributed by atoms with van der Waals surface area (Å²) in [6.45, 7) is 6.72. The lowest BCUT2D eigenvalue weighted by Crippen LogP contribution is -2.11. The van der Waals surface area contributed by atoms with Gasteiger partial charge in [-0.1, -0.05) is 30.3 Å². The summed E-state index contributed by atoms with van der Waals surface area (Å²) in [7, 11) is 0. The summed E-state index contributed by atoms with van der Waals surface area (Å²) in [6, 6.07) is 19.7. The van der Waals surface area contributed by atoms with Crippen molar-refractivity contribution in [2.75, 3.05) is 6.54 Å². The Labute approximate surface area is 241 Å². The lowest BCUT2D eigenvalue weighted by Gasteiger charge is -2.08. The molecule has 0 aliphatic rings. The molecule has 10 nitrogen and oxygen atoms in total. The maximum atomic E-state index is 13.3. The first-order valence-electron chi connectivity index (χ1n) is 13.6. The zero-order valence-electron chi connectivity index (χ0n) is 23.7. The first kappa shape index (κ1) is 28.4. The maximum Gasteiger partial charge on any atom is 0.300 e. The summed E-state index contributed by atoms with van der Waals surface area (Å²) in [5.74, 6) is -0.108. The molecule has 0 saturated carbocycles. The summed E-state index contributed by atoms with van der Waals surface area (Å²) in [5.41, 5.74) is 13.2.